The number of carbonyl (C=O) groups excluding carboxylic acids is 1. The van der Waals surface area contributed by atoms with Crippen molar-refractivity contribution >= 4 is 22.5 Å². The summed E-state index contributed by atoms with van der Waals surface area (Å²) in [6, 6.07) is 22.3. The number of fused-ring (bicyclic) bond motifs is 1. The first-order chi connectivity index (χ1) is 13.6. The van der Waals surface area contributed by atoms with E-state index in [1.54, 1.807) is 12.1 Å². The van der Waals surface area contributed by atoms with E-state index in [9.17, 15) is 9.18 Å². The summed E-state index contributed by atoms with van der Waals surface area (Å²) in [6.45, 7) is 2.62. The largest absolute Gasteiger partial charge is 0.343 e. The molecule has 0 spiro atoms. The van der Waals surface area contributed by atoms with E-state index < -0.39 is 0 Å². The van der Waals surface area contributed by atoms with Crippen molar-refractivity contribution in [1.29, 1.82) is 0 Å². The predicted octanol–water partition coefficient (Wildman–Crippen LogP) is 5.32. The number of anilines is 1. The molecule has 3 nitrogen and oxygen atoms in total. The molecule has 0 aliphatic rings. The van der Waals surface area contributed by atoms with Crippen LogP contribution in [-0.2, 0) is 17.8 Å². The Balaban J connectivity index is 1.58. The van der Waals surface area contributed by atoms with Crippen molar-refractivity contribution < 1.29 is 9.18 Å². The highest BCUT2D eigenvalue weighted by molar-refractivity contribution is 5.96. The van der Waals surface area contributed by atoms with Crippen molar-refractivity contribution in [2.75, 3.05) is 5.32 Å². The first-order valence-corrected chi connectivity index (χ1v) is 9.26. The molecule has 0 fully saturated rings. The zero-order chi connectivity index (χ0) is 19.5. The first-order valence-electron chi connectivity index (χ1n) is 9.26. The Morgan fingerprint density at radius 2 is 1.79 bits per heavy atom. The number of nitrogens with zero attached hydrogens (tertiary/aromatic N) is 1. The lowest BCUT2D eigenvalue weighted by molar-refractivity contribution is -0.115. The SMILES string of the molecule is Cc1cccc(NC(=O)Cc2cn(Cc3ccc(F)cc3)c3ccccc23)c1. The highest BCUT2D eigenvalue weighted by Gasteiger charge is 2.12. The monoisotopic (exact) mass is 372 g/mol. The number of hydrogen-bond acceptors (Lipinski definition) is 1. The van der Waals surface area contributed by atoms with E-state index in [2.05, 4.69) is 9.88 Å². The Morgan fingerprint density at radius 1 is 1.00 bits per heavy atom. The summed E-state index contributed by atoms with van der Waals surface area (Å²) in [4.78, 5) is 12.6. The molecule has 0 aliphatic heterocycles. The fraction of sp³-hybridized carbons (Fsp3) is 0.125. The highest BCUT2D eigenvalue weighted by atomic mass is 19.1. The Hall–Kier alpha value is -3.40. The maximum absolute atomic E-state index is 13.2. The van der Waals surface area contributed by atoms with Crippen molar-refractivity contribution in [3.63, 3.8) is 0 Å². The van der Waals surface area contributed by atoms with Gasteiger partial charge in [-0.05, 0) is 53.9 Å². The van der Waals surface area contributed by atoms with Gasteiger partial charge in [-0.2, -0.15) is 0 Å². The van der Waals surface area contributed by atoms with Crippen LogP contribution in [0.5, 0.6) is 0 Å². The molecule has 4 rings (SSSR count). The molecule has 0 saturated carbocycles. The molecule has 1 N–H and O–H groups in total. The Morgan fingerprint density at radius 3 is 2.57 bits per heavy atom. The second-order valence-electron chi connectivity index (χ2n) is 7.02. The van der Waals surface area contributed by atoms with Crippen LogP contribution in [0.1, 0.15) is 16.7 Å². The van der Waals surface area contributed by atoms with E-state index in [0.717, 1.165) is 33.3 Å². The minimum atomic E-state index is -0.241. The number of para-hydroxylation sites is 1. The minimum absolute atomic E-state index is 0.0460. The molecular formula is C24H21FN2O. The third kappa shape index (κ3) is 3.96. The molecule has 1 aromatic heterocycles. The van der Waals surface area contributed by atoms with Crippen LogP contribution in [-0.4, -0.2) is 10.5 Å². The van der Waals surface area contributed by atoms with Crippen LogP contribution in [0.2, 0.25) is 0 Å². The lowest BCUT2D eigenvalue weighted by Gasteiger charge is -2.06. The van der Waals surface area contributed by atoms with Gasteiger partial charge in [0.1, 0.15) is 5.82 Å². The van der Waals surface area contributed by atoms with E-state index in [1.807, 2.05) is 61.7 Å². The summed E-state index contributed by atoms with van der Waals surface area (Å²) in [5.74, 6) is -0.287. The van der Waals surface area contributed by atoms with Crippen molar-refractivity contribution in [2.24, 2.45) is 0 Å². The zero-order valence-electron chi connectivity index (χ0n) is 15.7. The maximum Gasteiger partial charge on any atom is 0.228 e. The van der Waals surface area contributed by atoms with E-state index in [4.69, 9.17) is 0 Å². The predicted molar refractivity (Wildman–Crippen MR) is 111 cm³/mol. The normalized spacial score (nSPS) is 10.9. The molecule has 0 atom stereocenters. The smallest absolute Gasteiger partial charge is 0.228 e. The van der Waals surface area contributed by atoms with Gasteiger partial charge in [-0.25, -0.2) is 4.39 Å². The summed E-state index contributed by atoms with van der Waals surface area (Å²) in [6.07, 6.45) is 2.31. The van der Waals surface area contributed by atoms with Crippen molar-refractivity contribution in [3.8, 4) is 0 Å². The fourth-order valence-corrected chi connectivity index (χ4v) is 3.48. The number of aromatic nitrogens is 1. The van der Waals surface area contributed by atoms with E-state index in [1.165, 1.54) is 12.1 Å². The molecule has 1 heterocycles. The second kappa shape index (κ2) is 7.69. The van der Waals surface area contributed by atoms with E-state index in [-0.39, 0.29) is 11.7 Å². The third-order valence-electron chi connectivity index (χ3n) is 4.79. The average Bonchev–Trinajstić information content (AvgIpc) is 3.01. The van der Waals surface area contributed by atoms with Gasteiger partial charge in [0.25, 0.3) is 0 Å². The van der Waals surface area contributed by atoms with Gasteiger partial charge in [-0.1, -0.05) is 42.5 Å². The first kappa shape index (κ1) is 18.0. The molecule has 0 radical (unpaired) electrons. The standard InChI is InChI=1S/C24H21FN2O/c1-17-5-4-6-21(13-17)26-24(28)14-19-16-27(23-8-3-2-7-22(19)23)15-18-9-11-20(25)12-10-18/h2-13,16H,14-15H2,1H3,(H,26,28). The van der Waals surface area contributed by atoms with Gasteiger partial charge in [-0.15, -0.1) is 0 Å². The Bertz CT molecular complexity index is 1130. The van der Waals surface area contributed by atoms with Crippen LogP contribution in [0.3, 0.4) is 0 Å². The number of rotatable bonds is 5. The molecule has 28 heavy (non-hydrogen) atoms. The zero-order valence-corrected chi connectivity index (χ0v) is 15.7. The minimum Gasteiger partial charge on any atom is -0.343 e. The van der Waals surface area contributed by atoms with Crippen LogP contribution in [0.25, 0.3) is 10.9 Å². The number of benzene rings is 3. The molecule has 1 amide bonds. The Kier molecular flexibility index (Phi) is 4.94. The molecule has 3 aromatic carbocycles. The topological polar surface area (TPSA) is 34.0 Å². The molecule has 0 unspecified atom stereocenters. The molecule has 0 bridgehead atoms. The number of amides is 1. The summed E-state index contributed by atoms with van der Waals surface area (Å²) in [5, 5.41) is 4.03. The average molecular weight is 372 g/mol. The van der Waals surface area contributed by atoms with E-state index in [0.29, 0.717) is 13.0 Å². The highest BCUT2D eigenvalue weighted by Crippen LogP contribution is 2.23. The van der Waals surface area contributed by atoms with Crippen LogP contribution >= 0.6 is 0 Å². The second-order valence-corrected chi connectivity index (χ2v) is 7.02. The van der Waals surface area contributed by atoms with Crippen LogP contribution < -0.4 is 5.32 Å². The van der Waals surface area contributed by atoms with Gasteiger partial charge in [0.05, 0.1) is 6.42 Å². The lowest BCUT2D eigenvalue weighted by Crippen LogP contribution is -2.14. The molecule has 4 aromatic rings. The van der Waals surface area contributed by atoms with Crippen molar-refractivity contribution in [2.45, 2.75) is 19.9 Å². The number of aryl methyl sites for hydroxylation is 1. The number of halogens is 1. The van der Waals surface area contributed by atoms with Gasteiger partial charge in [0.15, 0.2) is 0 Å². The summed E-state index contributed by atoms with van der Waals surface area (Å²) >= 11 is 0. The third-order valence-corrected chi connectivity index (χ3v) is 4.79. The summed E-state index contributed by atoms with van der Waals surface area (Å²) < 4.78 is 15.3. The molecule has 4 heteroatoms. The van der Waals surface area contributed by atoms with Crippen LogP contribution in [0.15, 0.2) is 79.0 Å². The van der Waals surface area contributed by atoms with Gasteiger partial charge in [0, 0.05) is 29.3 Å². The molecule has 0 saturated heterocycles. The van der Waals surface area contributed by atoms with Gasteiger partial charge in [0.2, 0.25) is 5.91 Å². The summed E-state index contributed by atoms with van der Waals surface area (Å²) in [7, 11) is 0. The number of nitrogens with one attached hydrogen (secondary N) is 1. The Labute approximate surface area is 163 Å². The van der Waals surface area contributed by atoms with Crippen molar-refractivity contribution in [3.05, 3.63) is 102 Å². The quantitative estimate of drug-likeness (QED) is 0.505. The lowest BCUT2D eigenvalue weighted by atomic mass is 10.1. The number of carbonyl (C=O) groups is 1. The van der Waals surface area contributed by atoms with Gasteiger partial charge >= 0.3 is 0 Å². The summed E-state index contributed by atoms with van der Waals surface area (Å²) in [5.41, 5.74) is 4.96. The molecule has 0 aliphatic carbocycles. The van der Waals surface area contributed by atoms with Crippen molar-refractivity contribution in [1.82, 2.24) is 4.57 Å². The molecular weight excluding hydrogens is 351 g/mol. The maximum atomic E-state index is 13.2. The number of hydrogen-bond donors (Lipinski definition) is 1. The fourth-order valence-electron chi connectivity index (χ4n) is 3.48. The van der Waals surface area contributed by atoms with Crippen LogP contribution in [0, 0.1) is 12.7 Å². The van der Waals surface area contributed by atoms with E-state index >= 15 is 0 Å². The molecule has 140 valence electrons. The van der Waals surface area contributed by atoms with Crippen LogP contribution in [0.4, 0.5) is 10.1 Å². The van der Waals surface area contributed by atoms with Gasteiger partial charge < -0.3 is 9.88 Å². The van der Waals surface area contributed by atoms with Gasteiger partial charge in [-0.3, -0.25) is 4.79 Å².